The normalized spacial score (nSPS) is 26.1. The summed E-state index contributed by atoms with van der Waals surface area (Å²) in [5, 5.41) is 3.40. The van der Waals surface area contributed by atoms with E-state index in [1.807, 2.05) is 31.2 Å². The molecule has 1 aliphatic heterocycles. The van der Waals surface area contributed by atoms with E-state index in [2.05, 4.69) is 12.2 Å². The van der Waals surface area contributed by atoms with Crippen molar-refractivity contribution in [1.82, 2.24) is 0 Å². The first-order valence-electron chi connectivity index (χ1n) is 7.14. The van der Waals surface area contributed by atoms with Gasteiger partial charge < -0.3 is 14.8 Å². The lowest BCUT2D eigenvalue weighted by atomic mass is 9.85. The Labute approximate surface area is 120 Å². The van der Waals surface area contributed by atoms with Gasteiger partial charge >= 0.3 is 5.97 Å². The summed E-state index contributed by atoms with van der Waals surface area (Å²) in [5.74, 6) is -0.208. The highest BCUT2D eigenvalue weighted by molar-refractivity contribution is 5.84. The molecule has 0 bridgehead atoms. The number of esters is 1. The van der Waals surface area contributed by atoms with Crippen LogP contribution in [-0.2, 0) is 14.3 Å². The summed E-state index contributed by atoms with van der Waals surface area (Å²) in [6.07, 6.45) is 2.27. The molecule has 4 heteroatoms. The zero-order valence-corrected chi connectivity index (χ0v) is 12.4. The molecule has 1 fully saturated rings. The first-order valence-corrected chi connectivity index (χ1v) is 7.14. The van der Waals surface area contributed by atoms with Crippen molar-refractivity contribution in [2.24, 2.45) is 0 Å². The van der Waals surface area contributed by atoms with E-state index < -0.39 is 5.54 Å². The minimum atomic E-state index is -0.679. The smallest absolute Gasteiger partial charge is 0.331 e. The molecule has 1 saturated heterocycles. The Kier molecular flexibility index (Phi) is 4.65. The molecule has 1 aromatic rings. The number of aryl methyl sites for hydroxylation is 1. The van der Waals surface area contributed by atoms with E-state index >= 15 is 0 Å². The molecule has 4 nitrogen and oxygen atoms in total. The Morgan fingerprint density at radius 1 is 1.55 bits per heavy atom. The van der Waals surface area contributed by atoms with Crippen LogP contribution in [0.15, 0.2) is 24.3 Å². The van der Waals surface area contributed by atoms with Crippen LogP contribution in [-0.4, -0.2) is 31.3 Å². The Hall–Kier alpha value is -1.55. The Morgan fingerprint density at radius 3 is 3.00 bits per heavy atom. The van der Waals surface area contributed by atoms with Crippen LogP contribution in [0.4, 0.5) is 5.69 Å². The molecule has 0 aromatic heterocycles. The molecule has 1 aromatic carbocycles. The monoisotopic (exact) mass is 277 g/mol. The van der Waals surface area contributed by atoms with E-state index in [-0.39, 0.29) is 12.1 Å². The van der Waals surface area contributed by atoms with Gasteiger partial charge in [0.05, 0.1) is 13.2 Å². The third-order valence-corrected chi connectivity index (χ3v) is 3.89. The quantitative estimate of drug-likeness (QED) is 0.860. The van der Waals surface area contributed by atoms with Crippen LogP contribution in [0.5, 0.6) is 0 Å². The average Bonchev–Trinajstić information content (AvgIpc) is 2.46. The van der Waals surface area contributed by atoms with Gasteiger partial charge in [0.15, 0.2) is 0 Å². The number of carbonyl (C=O) groups excluding carboxylic acids is 1. The second kappa shape index (κ2) is 6.27. The van der Waals surface area contributed by atoms with E-state index in [9.17, 15) is 4.79 Å². The van der Waals surface area contributed by atoms with Gasteiger partial charge in [-0.1, -0.05) is 19.1 Å². The molecule has 0 aliphatic carbocycles. The average molecular weight is 277 g/mol. The maximum Gasteiger partial charge on any atom is 0.331 e. The lowest BCUT2D eigenvalue weighted by molar-refractivity contribution is -0.151. The second-order valence-corrected chi connectivity index (χ2v) is 5.42. The predicted molar refractivity (Wildman–Crippen MR) is 78.8 cm³/mol. The molecule has 110 valence electrons. The predicted octanol–water partition coefficient (Wildman–Crippen LogP) is 2.91. The number of benzene rings is 1. The SMILES string of the molecule is CCC1CC(Nc2cccc(C)c2)(C(=O)OC)CCO1. The van der Waals surface area contributed by atoms with Crippen LogP contribution in [0, 0.1) is 6.92 Å². The lowest BCUT2D eigenvalue weighted by Crippen LogP contribution is -2.53. The zero-order valence-electron chi connectivity index (χ0n) is 12.4. The number of hydrogen-bond donors (Lipinski definition) is 1. The van der Waals surface area contributed by atoms with Crippen molar-refractivity contribution in [3.8, 4) is 0 Å². The molecule has 2 atom stereocenters. The molecule has 1 aliphatic rings. The summed E-state index contributed by atoms with van der Waals surface area (Å²) in [6.45, 7) is 4.69. The van der Waals surface area contributed by atoms with E-state index in [0.29, 0.717) is 19.4 Å². The number of ether oxygens (including phenoxy) is 2. The topological polar surface area (TPSA) is 47.6 Å². The molecule has 2 rings (SSSR count). The van der Waals surface area contributed by atoms with Gasteiger partial charge in [-0.25, -0.2) is 4.79 Å². The summed E-state index contributed by atoms with van der Waals surface area (Å²) < 4.78 is 10.7. The molecular formula is C16H23NO3. The summed E-state index contributed by atoms with van der Waals surface area (Å²) in [4.78, 5) is 12.3. The number of rotatable bonds is 4. The molecule has 0 saturated carbocycles. The van der Waals surface area contributed by atoms with Gasteiger partial charge in [-0.2, -0.15) is 0 Å². The van der Waals surface area contributed by atoms with Crippen molar-refractivity contribution < 1.29 is 14.3 Å². The Balaban J connectivity index is 2.25. The summed E-state index contributed by atoms with van der Waals surface area (Å²) >= 11 is 0. The maximum absolute atomic E-state index is 12.3. The molecule has 1 heterocycles. The lowest BCUT2D eigenvalue weighted by Gasteiger charge is -2.39. The molecule has 0 amide bonds. The maximum atomic E-state index is 12.3. The molecular weight excluding hydrogens is 254 g/mol. The van der Waals surface area contributed by atoms with Crippen molar-refractivity contribution in [2.75, 3.05) is 19.0 Å². The van der Waals surface area contributed by atoms with Gasteiger partial charge in [0.25, 0.3) is 0 Å². The first kappa shape index (κ1) is 14.9. The summed E-state index contributed by atoms with van der Waals surface area (Å²) in [5.41, 5.74) is 1.43. The van der Waals surface area contributed by atoms with Crippen LogP contribution in [0.3, 0.4) is 0 Å². The van der Waals surface area contributed by atoms with Crippen molar-refractivity contribution in [3.05, 3.63) is 29.8 Å². The minimum absolute atomic E-state index is 0.0974. The fourth-order valence-electron chi connectivity index (χ4n) is 2.76. The number of carbonyl (C=O) groups is 1. The van der Waals surface area contributed by atoms with Gasteiger partial charge in [0, 0.05) is 25.1 Å². The van der Waals surface area contributed by atoms with Gasteiger partial charge in [0.2, 0.25) is 0 Å². The number of anilines is 1. The van der Waals surface area contributed by atoms with Crippen molar-refractivity contribution >= 4 is 11.7 Å². The largest absolute Gasteiger partial charge is 0.467 e. The number of hydrogen-bond acceptors (Lipinski definition) is 4. The third kappa shape index (κ3) is 3.12. The van der Waals surface area contributed by atoms with Gasteiger partial charge in [-0.15, -0.1) is 0 Å². The Bertz CT molecular complexity index is 475. The van der Waals surface area contributed by atoms with Crippen LogP contribution in [0.25, 0.3) is 0 Å². The first-order chi connectivity index (χ1) is 9.59. The zero-order chi connectivity index (χ0) is 14.6. The molecule has 2 unspecified atom stereocenters. The van der Waals surface area contributed by atoms with Crippen molar-refractivity contribution in [1.29, 1.82) is 0 Å². The molecule has 0 spiro atoms. The van der Waals surface area contributed by atoms with Crippen LogP contribution in [0.2, 0.25) is 0 Å². The third-order valence-electron chi connectivity index (χ3n) is 3.89. The Morgan fingerprint density at radius 2 is 2.35 bits per heavy atom. The number of methoxy groups -OCH3 is 1. The fraction of sp³-hybridized carbons (Fsp3) is 0.562. The molecule has 0 radical (unpaired) electrons. The second-order valence-electron chi connectivity index (χ2n) is 5.42. The fourth-order valence-corrected chi connectivity index (χ4v) is 2.76. The van der Waals surface area contributed by atoms with Crippen molar-refractivity contribution in [2.45, 2.75) is 44.8 Å². The summed E-state index contributed by atoms with van der Waals surface area (Å²) in [7, 11) is 1.44. The van der Waals surface area contributed by atoms with E-state index in [1.54, 1.807) is 0 Å². The number of nitrogens with one attached hydrogen (secondary N) is 1. The summed E-state index contributed by atoms with van der Waals surface area (Å²) in [6, 6.07) is 8.04. The van der Waals surface area contributed by atoms with Gasteiger partial charge in [0.1, 0.15) is 5.54 Å². The van der Waals surface area contributed by atoms with Crippen LogP contribution in [0.1, 0.15) is 31.7 Å². The van der Waals surface area contributed by atoms with Crippen LogP contribution < -0.4 is 5.32 Å². The highest BCUT2D eigenvalue weighted by atomic mass is 16.5. The standard InChI is InChI=1S/C16H23NO3/c1-4-14-11-16(8-9-20-14,15(18)19-3)17-13-7-5-6-12(2)10-13/h5-7,10,14,17H,4,8-9,11H2,1-3H3. The molecule has 1 N–H and O–H groups in total. The highest BCUT2D eigenvalue weighted by Crippen LogP contribution is 2.31. The van der Waals surface area contributed by atoms with Crippen LogP contribution >= 0.6 is 0 Å². The highest BCUT2D eigenvalue weighted by Gasteiger charge is 2.44. The molecule has 20 heavy (non-hydrogen) atoms. The minimum Gasteiger partial charge on any atom is -0.467 e. The van der Waals surface area contributed by atoms with Gasteiger partial charge in [-0.05, 0) is 31.0 Å². The van der Waals surface area contributed by atoms with E-state index in [0.717, 1.165) is 17.7 Å². The van der Waals surface area contributed by atoms with E-state index in [4.69, 9.17) is 9.47 Å². The van der Waals surface area contributed by atoms with Gasteiger partial charge in [-0.3, -0.25) is 0 Å². The van der Waals surface area contributed by atoms with Crippen molar-refractivity contribution in [3.63, 3.8) is 0 Å². The van der Waals surface area contributed by atoms with E-state index in [1.165, 1.54) is 7.11 Å².